The molecule has 0 radical (unpaired) electrons. The molecule has 0 aliphatic carbocycles. The lowest BCUT2D eigenvalue weighted by atomic mass is 9.99. The first kappa shape index (κ1) is 69.9. The van der Waals surface area contributed by atoms with Crippen molar-refractivity contribution in [1.29, 1.82) is 0 Å². The summed E-state index contributed by atoms with van der Waals surface area (Å²) in [6.07, 6.45) is 72.6. The molecule has 1 heterocycles. The number of nitrogens with one attached hydrogen (secondary N) is 1. The van der Waals surface area contributed by atoms with Crippen LogP contribution in [-0.4, -0.2) is 87.5 Å². The topological polar surface area (TPSA) is 149 Å². The third-order valence-corrected chi connectivity index (χ3v) is 13.9. The third kappa shape index (κ3) is 43.5. The number of rotatable bonds is 51. The summed E-state index contributed by atoms with van der Waals surface area (Å²) in [5, 5.41) is 54.7. The molecule has 0 saturated carbocycles. The summed E-state index contributed by atoms with van der Waals surface area (Å²) in [5.41, 5.74) is 0. The average Bonchev–Trinajstić information content (AvgIpc) is 3.41. The molecule has 1 aliphatic heterocycles. The molecule has 6 N–H and O–H groups in total. The van der Waals surface area contributed by atoms with Gasteiger partial charge >= 0.3 is 0 Å². The van der Waals surface area contributed by atoms with Crippen LogP contribution < -0.4 is 5.32 Å². The number of unbranched alkanes of at least 4 members (excludes halogenated alkanes) is 23. The number of ether oxygens (including phenoxy) is 2. The molecule has 9 nitrogen and oxygen atoms in total. The predicted molar refractivity (Wildman–Crippen MR) is 317 cm³/mol. The van der Waals surface area contributed by atoms with E-state index in [1.54, 1.807) is 0 Å². The van der Waals surface area contributed by atoms with Crippen LogP contribution >= 0.6 is 0 Å². The number of amides is 1. The maximum absolute atomic E-state index is 13.1. The summed E-state index contributed by atoms with van der Waals surface area (Å²) in [6.45, 7) is 3.72. The Morgan fingerprint density at radius 1 is 0.467 bits per heavy atom. The van der Waals surface area contributed by atoms with Gasteiger partial charge in [0.2, 0.25) is 5.91 Å². The molecule has 0 bridgehead atoms. The minimum absolute atomic E-state index is 0.148. The highest BCUT2D eigenvalue weighted by Crippen LogP contribution is 2.23. The maximum Gasteiger partial charge on any atom is 0.220 e. The van der Waals surface area contributed by atoms with E-state index in [1.165, 1.54) is 109 Å². The van der Waals surface area contributed by atoms with Crippen molar-refractivity contribution in [2.45, 2.75) is 288 Å². The molecule has 1 amide bonds. The normalized spacial score (nSPS) is 19.7. The van der Waals surface area contributed by atoms with Gasteiger partial charge in [0, 0.05) is 6.42 Å². The SMILES string of the molecule is CC/C=C\C/C=C\C/C=C\C/C=C\C/C=C\C/C=C\C/C=C\C/C=C\C/C=C\CCCCCCCCCC(=O)NC(COC1OC(CO)C(O)C(O)C1O)C(O)CCCCCCCCCCCCCCCCCCC. The van der Waals surface area contributed by atoms with Gasteiger partial charge in [0.15, 0.2) is 6.29 Å². The van der Waals surface area contributed by atoms with Crippen LogP contribution in [0.2, 0.25) is 0 Å². The predicted octanol–water partition coefficient (Wildman–Crippen LogP) is 15.7. The zero-order valence-corrected chi connectivity index (χ0v) is 47.8. The number of aliphatic hydroxyl groups is 5. The Kier molecular flexibility index (Phi) is 50.5. The Bertz CT molecular complexity index is 1540. The summed E-state index contributed by atoms with van der Waals surface area (Å²) >= 11 is 0. The van der Waals surface area contributed by atoms with Gasteiger partial charge in [-0.05, 0) is 83.5 Å². The van der Waals surface area contributed by atoms with Gasteiger partial charge < -0.3 is 40.3 Å². The summed E-state index contributed by atoms with van der Waals surface area (Å²) in [5.74, 6) is -0.159. The molecule has 0 aromatic carbocycles. The van der Waals surface area contributed by atoms with E-state index in [2.05, 4.69) is 129 Å². The van der Waals surface area contributed by atoms with Gasteiger partial charge in [-0.3, -0.25) is 4.79 Å². The van der Waals surface area contributed by atoms with Gasteiger partial charge in [-0.2, -0.15) is 0 Å². The van der Waals surface area contributed by atoms with E-state index in [-0.39, 0.29) is 12.5 Å². The number of hydrogen-bond acceptors (Lipinski definition) is 8. The van der Waals surface area contributed by atoms with Crippen LogP contribution in [0, 0.1) is 0 Å². The van der Waals surface area contributed by atoms with Crippen molar-refractivity contribution in [3.8, 4) is 0 Å². The van der Waals surface area contributed by atoms with Crippen LogP contribution in [0.1, 0.15) is 245 Å². The number of carbonyl (C=O) groups is 1. The maximum atomic E-state index is 13.1. The van der Waals surface area contributed by atoms with Crippen LogP contribution in [0.5, 0.6) is 0 Å². The standard InChI is InChI=1S/C66H113NO8/c1-3-5-7-9-11-13-15-17-19-21-22-23-24-25-26-27-28-29-30-31-32-33-34-35-36-37-38-40-42-44-46-48-50-52-54-56-62(70)67-59(58-74-66-65(73)64(72)63(71)61(57-68)75-66)60(69)55-53-51-49-47-45-43-41-39-20-18-16-14-12-10-8-6-4-2/h5,7,11,13,17,19,22-23,25-26,28-29,31-32,34-35,37-38,59-61,63-66,68-69,71-73H,3-4,6,8-10,12,14-16,18,20-21,24,27,30,33,36,39-58H2,1-2H3,(H,67,70)/b7-5-,13-11-,19-17-,23-22-,26-25-,29-28-,32-31-,35-34-,38-37-. The van der Waals surface area contributed by atoms with Gasteiger partial charge in [0.25, 0.3) is 0 Å². The van der Waals surface area contributed by atoms with Crippen LogP contribution in [0.4, 0.5) is 0 Å². The molecule has 430 valence electrons. The molecule has 7 atom stereocenters. The zero-order chi connectivity index (χ0) is 54.3. The Labute approximate surface area is 459 Å². The monoisotopic (exact) mass is 1050 g/mol. The van der Waals surface area contributed by atoms with Crippen LogP contribution in [-0.2, 0) is 14.3 Å². The Morgan fingerprint density at radius 3 is 1.23 bits per heavy atom. The van der Waals surface area contributed by atoms with Gasteiger partial charge in [-0.15, -0.1) is 0 Å². The summed E-state index contributed by atoms with van der Waals surface area (Å²) in [7, 11) is 0. The second-order valence-corrected chi connectivity index (χ2v) is 20.8. The molecule has 9 heteroatoms. The largest absolute Gasteiger partial charge is 0.394 e. The van der Waals surface area contributed by atoms with Crippen molar-refractivity contribution in [3.63, 3.8) is 0 Å². The fourth-order valence-corrected chi connectivity index (χ4v) is 9.10. The van der Waals surface area contributed by atoms with Gasteiger partial charge in [0.05, 0.1) is 25.4 Å². The minimum Gasteiger partial charge on any atom is -0.394 e. The fraction of sp³-hybridized carbons (Fsp3) is 0.712. The average molecular weight is 1050 g/mol. The molecular weight excluding hydrogens is 935 g/mol. The highest BCUT2D eigenvalue weighted by Gasteiger charge is 2.44. The molecule has 0 spiro atoms. The zero-order valence-electron chi connectivity index (χ0n) is 47.8. The van der Waals surface area contributed by atoms with E-state index in [0.29, 0.717) is 12.8 Å². The summed E-state index contributed by atoms with van der Waals surface area (Å²) in [6, 6.07) is -0.733. The molecular formula is C66H113NO8. The van der Waals surface area contributed by atoms with E-state index < -0.39 is 49.5 Å². The van der Waals surface area contributed by atoms with Crippen molar-refractivity contribution in [2.75, 3.05) is 13.2 Å². The van der Waals surface area contributed by atoms with Gasteiger partial charge in [-0.1, -0.05) is 264 Å². The number of allylic oxidation sites excluding steroid dienone is 18. The van der Waals surface area contributed by atoms with E-state index in [4.69, 9.17) is 9.47 Å². The first-order valence-corrected chi connectivity index (χ1v) is 30.6. The number of aliphatic hydroxyl groups excluding tert-OH is 5. The highest BCUT2D eigenvalue weighted by molar-refractivity contribution is 5.76. The van der Waals surface area contributed by atoms with E-state index in [1.807, 2.05) is 0 Å². The second-order valence-electron chi connectivity index (χ2n) is 20.8. The number of carbonyl (C=O) groups excluding carboxylic acids is 1. The van der Waals surface area contributed by atoms with E-state index in [9.17, 15) is 30.3 Å². The quantitative estimate of drug-likeness (QED) is 0.0261. The summed E-state index contributed by atoms with van der Waals surface area (Å²) in [4.78, 5) is 13.1. The lowest BCUT2D eigenvalue weighted by Gasteiger charge is -2.40. The van der Waals surface area contributed by atoms with E-state index >= 15 is 0 Å². The molecule has 0 aromatic heterocycles. The Balaban J connectivity index is 2.19. The van der Waals surface area contributed by atoms with Crippen LogP contribution in [0.3, 0.4) is 0 Å². The van der Waals surface area contributed by atoms with Gasteiger partial charge in [0.1, 0.15) is 24.4 Å². The lowest BCUT2D eigenvalue weighted by Crippen LogP contribution is -2.60. The first-order valence-electron chi connectivity index (χ1n) is 30.6. The smallest absolute Gasteiger partial charge is 0.220 e. The van der Waals surface area contributed by atoms with Crippen molar-refractivity contribution in [3.05, 3.63) is 109 Å². The first-order chi connectivity index (χ1) is 36.8. The molecule has 0 aromatic rings. The van der Waals surface area contributed by atoms with Crippen molar-refractivity contribution in [1.82, 2.24) is 5.32 Å². The molecule has 1 aliphatic rings. The number of hydrogen-bond donors (Lipinski definition) is 6. The molecule has 75 heavy (non-hydrogen) atoms. The third-order valence-electron chi connectivity index (χ3n) is 13.9. The van der Waals surface area contributed by atoms with Crippen molar-refractivity contribution < 1.29 is 39.8 Å². The summed E-state index contributed by atoms with van der Waals surface area (Å²) < 4.78 is 11.3. The lowest BCUT2D eigenvalue weighted by molar-refractivity contribution is -0.302. The molecule has 1 saturated heterocycles. The second kappa shape index (κ2) is 54.2. The van der Waals surface area contributed by atoms with Crippen LogP contribution in [0.15, 0.2) is 109 Å². The Morgan fingerprint density at radius 2 is 0.827 bits per heavy atom. The molecule has 1 fully saturated rings. The molecule has 1 rings (SSSR count). The minimum atomic E-state index is -1.56. The van der Waals surface area contributed by atoms with Gasteiger partial charge in [-0.25, -0.2) is 0 Å². The fourth-order valence-electron chi connectivity index (χ4n) is 9.10. The highest BCUT2D eigenvalue weighted by atomic mass is 16.7. The van der Waals surface area contributed by atoms with Crippen molar-refractivity contribution in [2.24, 2.45) is 0 Å². The Hall–Kier alpha value is -3.15. The van der Waals surface area contributed by atoms with Crippen molar-refractivity contribution >= 4 is 5.91 Å². The molecule has 7 unspecified atom stereocenters. The van der Waals surface area contributed by atoms with E-state index in [0.717, 1.165) is 109 Å². The van der Waals surface area contributed by atoms with Crippen LogP contribution in [0.25, 0.3) is 0 Å².